The second-order valence-electron chi connectivity index (χ2n) is 3.75. The van der Waals surface area contributed by atoms with Crippen molar-refractivity contribution in [3.05, 3.63) is 39.3 Å². The molecule has 2 heterocycles. The van der Waals surface area contributed by atoms with E-state index in [4.69, 9.17) is 11.6 Å². The van der Waals surface area contributed by atoms with Crippen LogP contribution < -0.4 is 5.32 Å². The lowest BCUT2D eigenvalue weighted by atomic mass is 10.1. The van der Waals surface area contributed by atoms with Crippen molar-refractivity contribution in [1.29, 1.82) is 0 Å². The van der Waals surface area contributed by atoms with Crippen LogP contribution in [0, 0.1) is 0 Å². The number of hydrogen-bond acceptors (Lipinski definition) is 4. The second-order valence-corrected chi connectivity index (χ2v) is 4.91. The molecule has 1 N–H and O–H groups in total. The minimum Gasteiger partial charge on any atom is -0.304 e. The molecule has 2 aromatic heterocycles. The minimum atomic E-state index is -0.141. The number of nitrogens with one attached hydrogen (secondary N) is 1. The average molecular weight is 331 g/mol. The highest BCUT2D eigenvalue weighted by Crippen LogP contribution is 2.29. The van der Waals surface area contributed by atoms with E-state index >= 15 is 0 Å². The molecule has 0 saturated heterocycles. The molecule has 1 unspecified atom stereocenters. The fraction of sp³-hybridized carbons (Fsp3) is 0.364. The van der Waals surface area contributed by atoms with Gasteiger partial charge in [-0.15, -0.1) is 5.10 Å². The molecule has 0 aliphatic rings. The summed E-state index contributed by atoms with van der Waals surface area (Å²) in [7, 11) is 1.84. The van der Waals surface area contributed by atoms with Gasteiger partial charge in [0.2, 0.25) is 0 Å². The Morgan fingerprint density at radius 1 is 1.56 bits per heavy atom. The molecule has 0 aromatic carbocycles. The molecular weight excluding hydrogens is 318 g/mol. The summed E-state index contributed by atoms with van der Waals surface area (Å²) >= 11 is 9.61. The lowest BCUT2D eigenvalue weighted by Crippen LogP contribution is -2.25. The van der Waals surface area contributed by atoms with Crippen LogP contribution in [0.4, 0.5) is 0 Å². The predicted octanol–water partition coefficient (Wildman–Crippen LogP) is 2.32. The molecule has 5 nitrogen and oxygen atoms in total. The lowest BCUT2D eigenvalue weighted by molar-refractivity contribution is 0.557. The van der Waals surface area contributed by atoms with Gasteiger partial charge < -0.3 is 5.32 Å². The maximum Gasteiger partial charge on any atom is 0.153 e. The first-order valence-corrected chi connectivity index (χ1v) is 6.71. The van der Waals surface area contributed by atoms with E-state index in [0.29, 0.717) is 9.63 Å². The Bertz CT molecular complexity index is 522. The van der Waals surface area contributed by atoms with Crippen LogP contribution >= 0.6 is 27.5 Å². The molecule has 1 atom stereocenters. The first-order chi connectivity index (χ1) is 8.65. The molecule has 0 aliphatic carbocycles. The summed E-state index contributed by atoms with van der Waals surface area (Å²) < 4.78 is 2.40. The summed E-state index contributed by atoms with van der Waals surface area (Å²) in [5, 5.41) is 11.9. The van der Waals surface area contributed by atoms with E-state index in [1.807, 2.05) is 26.1 Å². The number of nitrogens with zero attached hydrogens (tertiary/aromatic N) is 4. The molecule has 0 aliphatic heterocycles. The molecule has 0 spiro atoms. The zero-order valence-corrected chi connectivity index (χ0v) is 12.4. The number of pyridine rings is 1. The van der Waals surface area contributed by atoms with Crippen LogP contribution in [0.1, 0.15) is 24.4 Å². The SMILES string of the molecule is CCNC(c1ncccc1Cl)c1c(Br)nnn1C. The van der Waals surface area contributed by atoms with Gasteiger partial charge in [-0.25, -0.2) is 4.68 Å². The van der Waals surface area contributed by atoms with Crippen molar-refractivity contribution in [2.45, 2.75) is 13.0 Å². The van der Waals surface area contributed by atoms with Crippen LogP contribution in [0.3, 0.4) is 0 Å². The molecular formula is C11H13BrClN5. The molecule has 0 amide bonds. The number of aryl methyl sites for hydroxylation is 1. The van der Waals surface area contributed by atoms with Gasteiger partial charge in [0.15, 0.2) is 4.60 Å². The smallest absolute Gasteiger partial charge is 0.153 e. The third-order valence-electron chi connectivity index (χ3n) is 2.57. The molecule has 0 bridgehead atoms. The Labute approximate surface area is 119 Å². The van der Waals surface area contributed by atoms with Gasteiger partial charge in [-0.3, -0.25) is 4.98 Å². The summed E-state index contributed by atoms with van der Waals surface area (Å²) in [6.07, 6.45) is 1.73. The van der Waals surface area contributed by atoms with Crippen LogP contribution in [0.5, 0.6) is 0 Å². The van der Waals surface area contributed by atoms with E-state index in [1.54, 1.807) is 10.9 Å². The van der Waals surface area contributed by atoms with Crippen molar-refractivity contribution in [3.63, 3.8) is 0 Å². The highest BCUT2D eigenvalue weighted by molar-refractivity contribution is 9.10. The zero-order chi connectivity index (χ0) is 13.1. The van der Waals surface area contributed by atoms with Crippen molar-refractivity contribution < 1.29 is 0 Å². The second kappa shape index (κ2) is 5.77. The summed E-state index contributed by atoms with van der Waals surface area (Å²) in [6.45, 7) is 2.82. The van der Waals surface area contributed by atoms with Gasteiger partial charge >= 0.3 is 0 Å². The molecule has 96 valence electrons. The van der Waals surface area contributed by atoms with E-state index in [9.17, 15) is 0 Å². The molecule has 0 radical (unpaired) electrons. The third-order valence-corrected chi connectivity index (χ3v) is 3.45. The molecule has 2 aromatic rings. The Morgan fingerprint density at radius 3 is 2.89 bits per heavy atom. The Kier molecular flexibility index (Phi) is 4.31. The van der Waals surface area contributed by atoms with E-state index in [2.05, 4.69) is 36.5 Å². The van der Waals surface area contributed by atoms with Crippen molar-refractivity contribution in [2.75, 3.05) is 6.54 Å². The first-order valence-electron chi connectivity index (χ1n) is 5.54. The van der Waals surface area contributed by atoms with Crippen molar-refractivity contribution >= 4 is 27.5 Å². The van der Waals surface area contributed by atoms with Gasteiger partial charge in [0, 0.05) is 13.2 Å². The van der Waals surface area contributed by atoms with Crippen LogP contribution in [0.2, 0.25) is 5.02 Å². The maximum atomic E-state index is 6.21. The fourth-order valence-electron chi connectivity index (χ4n) is 1.78. The van der Waals surface area contributed by atoms with Crippen molar-refractivity contribution in [3.8, 4) is 0 Å². The monoisotopic (exact) mass is 329 g/mol. The number of hydrogen-bond donors (Lipinski definition) is 1. The van der Waals surface area contributed by atoms with Gasteiger partial charge in [0.1, 0.15) is 0 Å². The highest BCUT2D eigenvalue weighted by Gasteiger charge is 2.24. The predicted molar refractivity (Wildman–Crippen MR) is 73.5 cm³/mol. The van der Waals surface area contributed by atoms with Gasteiger partial charge in [-0.2, -0.15) is 0 Å². The van der Waals surface area contributed by atoms with E-state index < -0.39 is 0 Å². The van der Waals surface area contributed by atoms with Crippen LogP contribution in [0.15, 0.2) is 22.9 Å². The van der Waals surface area contributed by atoms with Gasteiger partial charge in [-0.1, -0.05) is 23.7 Å². The highest BCUT2D eigenvalue weighted by atomic mass is 79.9. The third kappa shape index (κ3) is 2.55. The van der Waals surface area contributed by atoms with Gasteiger partial charge in [0.25, 0.3) is 0 Å². The van der Waals surface area contributed by atoms with Gasteiger partial charge in [-0.05, 0) is 34.6 Å². The molecule has 18 heavy (non-hydrogen) atoms. The standard InChI is InChI=1S/C11H13BrClN5/c1-3-14-9(8-7(13)5-4-6-15-8)10-11(12)16-17-18(10)2/h4-6,9,14H,3H2,1-2H3. The average Bonchev–Trinajstić information content (AvgIpc) is 2.68. The van der Waals surface area contributed by atoms with E-state index in [0.717, 1.165) is 17.9 Å². The first kappa shape index (κ1) is 13.5. The quantitative estimate of drug-likeness (QED) is 0.935. The maximum absolute atomic E-state index is 6.21. The molecule has 7 heteroatoms. The fourth-order valence-corrected chi connectivity index (χ4v) is 2.57. The van der Waals surface area contributed by atoms with Crippen molar-refractivity contribution in [2.24, 2.45) is 7.05 Å². The molecule has 2 rings (SSSR count). The Balaban J connectivity index is 2.50. The van der Waals surface area contributed by atoms with Crippen LogP contribution in [-0.2, 0) is 7.05 Å². The topological polar surface area (TPSA) is 55.6 Å². The summed E-state index contributed by atoms with van der Waals surface area (Å²) in [6, 6.07) is 3.50. The Morgan fingerprint density at radius 2 is 2.33 bits per heavy atom. The molecule has 0 saturated carbocycles. The lowest BCUT2D eigenvalue weighted by Gasteiger charge is -2.18. The van der Waals surface area contributed by atoms with Gasteiger partial charge in [0.05, 0.1) is 22.5 Å². The number of halogens is 2. The largest absolute Gasteiger partial charge is 0.304 e. The van der Waals surface area contributed by atoms with Crippen LogP contribution in [-0.4, -0.2) is 26.5 Å². The van der Waals surface area contributed by atoms with E-state index in [-0.39, 0.29) is 6.04 Å². The van der Waals surface area contributed by atoms with Crippen LogP contribution in [0.25, 0.3) is 0 Å². The minimum absolute atomic E-state index is 0.141. The summed E-state index contributed by atoms with van der Waals surface area (Å²) in [5.74, 6) is 0. The van der Waals surface area contributed by atoms with Crippen molar-refractivity contribution in [1.82, 2.24) is 25.3 Å². The summed E-state index contributed by atoms with van der Waals surface area (Å²) in [4.78, 5) is 4.35. The van der Waals surface area contributed by atoms with E-state index in [1.165, 1.54) is 0 Å². The number of rotatable bonds is 4. The molecule has 0 fully saturated rings. The zero-order valence-electron chi connectivity index (χ0n) is 10.1. The summed E-state index contributed by atoms with van der Waals surface area (Å²) in [5.41, 5.74) is 1.67. The normalized spacial score (nSPS) is 12.7. The Hall–Kier alpha value is -0.980. The number of aromatic nitrogens is 4.